The molecule has 1 unspecified atom stereocenters. The maximum absolute atomic E-state index is 15.2. The Morgan fingerprint density at radius 3 is 2.67 bits per heavy atom. The molecule has 2 aliphatic heterocycles. The second-order valence-electron chi connectivity index (χ2n) is 8.72. The van der Waals surface area contributed by atoms with Crippen molar-refractivity contribution >= 4 is 11.0 Å². The fraction of sp³-hybridized carbons (Fsp3) is 0.480. The van der Waals surface area contributed by atoms with Crippen molar-refractivity contribution in [1.29, 1.82) is 0 Å². The lowest BCUT2D eigenvalue weighted by Crippen LogP contribution is -2.31. The number of benzene rings is 2. The zero-order valence-corrected chi connectivity index (χ0v) is 17.6. The van der Waals surface area contributed by atoms with Gasteiger partial charge in [-0.15, -0.1) is 0 Å². The molecule has 0 saturated carbocycles. The van der Waals surface area contributed by atoms with Crippen molar-refractivity contribution in [1.82, 2.24) is 19.8 Å². The highest BCUT2D eigenvalue weighted by Crippen LogP contribution is 2.31. The van der Waals surface area contributed by atoms with Crippen molar-refractivity contribution in [2.45, 2.75) is 51.1 Å². The molecule has 3 aromatic rings. The zero-order chi connectivity index (χ0) is 20.3. The first-order valence-electron chi connectivity index (χ1n) is 11.5. The summed E-state index contributed by atoms with van der Waals surface area (Å²) in [5.74, 6) is 0.576. The fourth-order valence-corrected chi connectivity index (χ4v) is 5.04. The minimum Gasteiger partial charge on any atom is -0.324 e. The number of nitrogens with zero attached hydrogens (tertiary/aromatic N) is 3. The average Bonchev–Trinajstić information content (AvgIpc) is 3.43. The third-order valence-electron chi connectivity index (χ3n) is 6.66. The van der Waals surface area contributed by atoms with Gasteiger partial charge in [0, 0.05) is 12.6 Å². The first-order valence-corrected chi connectivity index (χ1v) is 11.5. The molecule has 1 N–H and O–H groups in total. The molecule has 0 bridgehead atoms. The lowest BCUT2D eigenvalue weighted by molar-refractivity contribution is 0.223. The van der Waals surface area contributed by atoms with Crippen LogP contribution in [0.2, 0.25) is 0 Å². The van der Waals surface area contributed by atoms with Crippen molar-refractivity contribution in [3.05, 3.63) is 53.8 Å². The summed E-state index contributed by atoms with van der Waals surface area (Å²) in [6.07, 6.45) is 7.27. The van der Waals surface area contributed by atoms with Gasteiger partial charge in [0.15, 0.2) is 0 Å². The Labute approximate surface area is 178 Å². The van der Waals surface area contributed by atoms with Gasteiger partial charge in [-0.25, -0.2) is 9.37 Å². The maximum Gasteiger partial charge on any atom is 0.144 e. The Hall–Kier alpha value is -2.24. The van der Waals surface area contributed by atoms with Crippen LogP contribution in [0.15, 0.2) is 42.5 Å². The van der Waals surface area contributed by atoms with Gasteiger partial charge in [-0.1, -0.05) is 24.6 Å². The van der Waals surface area contributed by atoms with E-state index in [2.05, 4.69) is 26.9 Å². The summed E-state index contributed by atoms with van der Waals surface area (Å²) in [5.41, 5.74) is 3.67. The van der Waals surface area contributed by atoms with Gasteiger partial charge in [-0.05, 0) is 88.1 Å². The van der Waals surface area contributed by atoms with Crippen LogP contribution in [0.1, 0.15) is 50.1 Å². The molecule has 0 spiro atoms. The molecule has 30 heavy (non-hydrogen) atoms. The van der Waals surface area contributed by atoms with E-state index >= 15 is 4.39 Å². The number of piperidine rings is 1. The molecule has 4 nitrogen and oxygen atoms in total. The number of hydrogen-bond acceptors (Lipinski definition) is 3. The Kier molecular flexibility index (Phi) is 5.82. The molecule has 0 amide bonds. The smallest absolute Gasteiger partial charge is 0.144 e. The zero-order valence-electron chi connectivity index (χ0n) is 17.6. The van der Waals surface area contributed by atoms with Crippen LogP contribution in [0, 0.1) is 5.82 Å². The lowest BCUT2D eigenvalue weighted by atomic mass is 10.0. The number of likely N-dealkylation sites (tertiary alicyclic amines) is 1. The van der Waals surface area contributed by atoms with Crippen LogP contribution in [0.5, 0.6) is 0 Å². The van der Waals surface area contributed by atoms with Crippen molar-refractivity contribution in [3.8, 4) is 11.4 Å². The normalized spacial score (nSPS) is 20.2. The third kappa shape index (κ3) is 4.01. The number of hydrogen-bond donors (Lipinski definition) is 1. The van der Waals surface area contributed by atoms with Gasteiger partial charge in [-0.2, -0.15) is 0 Å². The van der Waals surface area contributed by atoms with Crippen molar-refractivity contribution < 1.29 is 4.39 Å². The summed E-state index contributed by atoms with van der Waals surface area (Å²) in [7, 11) is 0. The van der Waals surface area contributed by atoms with Gasteiger partial charge in [0.2, 0.25) is 0 Å². The summed E-state index contributed by atoms with van der Waals surface area (Å²) in [6.45, 7) is 5.39. The first-order chi connectivity index (χ1) is 14.8. The van der Waals surface area contributed by atoms with E-state index in [1.54, 1.807) is 6.07 Å². The number of para-hydroxylation sites is 2. The minimum absolute atomic E-state index is 0.172. The number of imidazole rings is 1. The predicted octanol–water partition coefficient (Wildman–Crippen LogP) is 5.14. The van der Waals surface area contributed by atoms with Crippen LogP contribution in [0.25, 0.3) is 22.4 Å². The molecule has 2 saturated heterocycles. The molecular weight excluding hydrogens is 375 g/mol. The van der Waals surface area contributed by atoms with Crippen molar-refractivity contribution in [2.75, 3.05) is 26.2 Å². The largest absolute Gasteiger partial charge is 0.324 e. The standard InChI is InChI=1S/C25H31FN4/c26-21-18-19(22-9-6-13-27-22)11-12-20(21)25-28-23-8-2-3-10-24(23)30(25)17-7-16-29-14-4-1-5-15-29/h2-3,8,10-12,18,22,27H,1,4-7,9,13-17H2. The molecule has 2 fully saturated rings. The Bertz CT molecular complexity index is 1000. The average molecular weight is 407 g/mol. The number of nitrogens with one attached hydrogen (secondary N) is 1. The van der Waals surface area contributed by atoms with Gasteiger partial charge < -0.3 is 14.8 Å². The number of halogens is 1. The topological polar surface area (TPSA) is 33.1 Å². The molecule has 0 aliphatic carbocycles. The van der Waals surface area contributed by atoms with E-state index in [1.807, 2.05) is 24.3 Å². The molecule has 1 atom stereocenters. The highest BCUT2D eigenvalue weighted by atomic mass is 19.1. The molecule has 2 aliphatic rings. The summed E-state index contributed by atoms with van der Waals surface area (Å²) in [4.78, 5) is 7.39. The van der Waals surface area contributed by atoms with Crippen molar-refractivity contribution in [3.63, 3.8) is 0 Å². The summed E-state index contributed by atoms with van der Waals surface area (Å²) in [5, 5.41) is 3.46. The summed E-state index contributed by atoms with van der Waals surface area (Å²) < 4.78 is 17.4. The minimum atomic E-state index is -0.172. The summed E-state index contributed by atoms with van der Waals surface area (Å²) >= 11 is 0. The van der Waals surface area contributed by atoms with Crippen LogP contribution in [-0.2, 0) is 6.54 Å². The van der Waals surface area contributed by atoms with E-state index < -0.39 is 0 Å². The quantitative estimate of drug-likeness (QED) is 0.615. The molecule has 1 aromatic heterocycles. The van der Waals surface area contributed by atoms with Gasteiger partial charge >= 0.3 is 0 Å². The molecule has 5 rings (SSSR count). The van der Waals surface area contributed by atoms with Crippen molar-refractivity contribution in [2.24, 2.45) is 0 Å². The Morgan fingerprint density at radius 1 is 1.00 bits per heavy atom. The van der Waals surface area contributed by atoms with E-state index in [0.717, 1.165) is 61.3 Å². The van der Waals surface area contributed by atoms with Crippen LogP contribution in [-0.4, -0.2) is 40.6 Å². The molecule has 0 radical (unpaired) electrons. The van der Waals surface area contributed by atoms with Gasteiger partial charge in [0.05, 0.1) is 16.6 Å². The Balaban J connectivity index is 1.42. The SMILES string of the molecule is Fc1cc(C2CCCN2)ccc1-c1nc2ccccc2n1CCCN1CCCCC1. The maximum atomic E-state index is 15.2. The predicted molar refractivity (Wildman–Crippen MR) is 120 cm³/mol. The lowest BCUT2D eigenvalue weighted by Gasteiger charge is -2.26. The van der Waals surface area contributed by atoms with Crippen LogP contribution in [0.3, 0.4) is 0 Å². The van der Waals surface area contributed by atoms with E-state index in [4.69, 9.17) is 4.98 Å². The fourth-order valence-electron chi connectivity index (χ4n) is 5.04. The second-order valence-corrected chi connectivity index (χ2v) is 8.72. The Morgan fingerprint density at radius 2 is 1.87 bits per heavy atom. The van der Waals surface area contributed by atoms with Crippen LogP contribution >= 0.6 is 0 Å². The number of aryl methyl sites for hydroxylation is 1. The first kappa shape index (κ1) is 19.7. The van der Waals surface area contributed by atoms with E-state index in [-0.39, 0.29) is 11.9 Å². The summed E-state index contributed by atoms with van der Waals surface area (Å²) in [6, 6.07) is 14.1. The highest BCUT2D eigenvalue weighted by Gasteiger charge is 2.20. The van der Waals surface area contributed by atoms with Gasteiger partial charge in [-0.3, -0.25) is 0 Å². The number of rotatable bonds is 6. The van der Waals surface area contributed by atoms with Gasteiger partial charge in [0.25, 0.3) is 0 Å². The molecule has 158 valence electrons. The monoisotopic (exact) mass is 406 g/mol. The molecule has 5 heteroatoms. The third-order valence-corrected chi connectivity index (χ3v) is 6.66. The number of fused-ring (bicyclic) bond motifs is 1. The van der Waals surface area contributed by atoms with E-state index in [1.165, 1.54) is 32.4 Å². The molecule has 3 heterocycles. The van der Waals surface area contributed by atoms with E-state index in [0.29, 0.717) is 5.56 Å². The van der Waals surface area contributed by atoms with Crippen LogP contribution in [0.4, 0.5) is 4.39 Å². The molecule has 2 aromatic carbocycles. The van der Waals surface area contributed by atoms with Crippen LogP contribution < -0.4 is 5.32 Å². The van der Waals surface area contributed by atoms with Gasteiger partial charge in [0.1, 0.15) is 11.6 Å². The van der Waals surface area contributed by atoms with E-state index in [9.17, 15) is 0 Å². The highest BCUT2D eigenvalue weighted by molar-refractivity contribution is 5.80. The second kappa shape index (κ2) is 8.86. The number of aromatic nitrogens is 2. The molecular formula is C25H31FN4.